The normalized spacial score (nSPS) is 14.1. The standard InChI is InChI=1S/C15H20FNO/c1-5-17-14(15(2,3)4)13-9-10-8-11(16)6-7-12(10)18-13/h6-9,14,17H,5H2,1-4H3. The van der Waals surface area contributed by atoms with Crippen molar-refractivity contribution in [2.45, 2.75) is 33.7 Å². The zero-order chi connectivity index (χ0) is 13.3. The highest BCUT2D eigenvalue weighted by Crippen LogP contribution is 2.35. The van der Waals surface area contributed by atoms with Crippen LogP contribution in [0.3, 0.4) is 0 Å². The third-order valence-electron chi connectivity index (χ3n) is 3.06. The average molecular weight is 249 g/mol. The van der Waals surface area contributed by atoms with Crippen LogP contribution in [0.1, 0.15) is 39.5 Å². The van der Waals surface area contributed by atoms with Crippen LogP contribution < -0.4 is 5.32 Å². The Hall–Kier alpha value is -1.35. The lowest BCUT2D eigenvalue weighted by molar-refractivity contribution is 0.244. The molecular weight excluding hydrogens is 229 g/mol. The van der Waals surface area contributed by atoms with Crippen molar-refractivity contribution in [2.75, 3.05) is 6.54 Å². The van der Waals surface area contributed by atoms with Crippen molar-refractivity contribution in [1.29, 1.82) is 0 Å². The van der Waals surface area contributed by atoms with Gasteiger partial charge < -0.3 is 9.73 Å². The van der Waals surface area contributed by atoms with E-state index in [9.17, 15) is 4.39 Å². The van der Waals surface area contributed by atoms with Gasteiger partial charge >= 0.3 is 0 Å². The molecule has 3 heteroatoms. The minimum absolute atomic E-state index is 0.0441. The summed E-state index contributed by atoms with van der Waals surface area (Å²) >= 11 is 0. The molecule has 18 heavy (non-hydrogen) atoms. The van der Waals surface area contributed by atoms with E-state index in [-0.39, 0.29) is 17.3 Å². The number of hydrogen-bond acceptors (Lipinski definition) is 2. The summed E-state index contributed by atoms with van der Waals surface area (Å²) in [6, 6.07) is 6.66. The Labute approximate surface area is 107 Å². The lowest BCUT2D eigenvalue weighted by Gasteiger charge is -2.29. The molecule has 0 saturated heterocycles. The lowest BCUT2D eigenvalue weighted by Crippen LogP contribution is -2.31. The summed E-state index contributed by atoms with van der Waals surface area (Å²) in [5, 5.41) is 4.24. The molecule has 0 amide bonds. The van der Waals surface area contributed by atoms with Crippen LogP contribution in [0.4, 0.5) is 4.39 Å². The zero-order valence-electron chi connectivity index (χ0n) is 11.4. The molecule has 1 atom stereocenters. The second-order valence-corrected chi connectivity index (χ2v) is 5.69. The van der Waals surface area contributed by atoms with Crippen molar-refractivity contribution in [3.05, 3.63) is 35.8 Å². The van der Waals surface area contributed by atoms with E-state index in [2.05, 4.69) is 33.0 Å². The Morgan fingerprint density at radius 1 is 1.28 bits per heavy atom. The molecule has 1 N–H and O–H groups in total. The van der Waals surface area contributed by atoms with Crippen molar-refractivity contribution in [2.24, 2.45) is 5.41 Å². The number of hydrogen-bond donors (Lipinski definition) is 1. The molecule has 0 fully saturated rings. The molecule has 98 valence electrons. The molecule has 1 aromatic heterocycles. The molecule has 2 aromatic rings. The first kappa shape index (κ1) is 13.1. The summed E-state index contributed by atoms with van der Waals surface area (Å²) in [5.41, 5.74) is 0.779. The Bertz CT molecular complexity index is 539. The fourth-order valence-corrected chi connectivity index (χ4v) is 2.21. The summed E-state index contributed by atoms with van der Waals surface area (Å²) in [4.78, 5) is 0. The van der Waals surface area contributed by atoms with Crippen LogP contribution in [0.5, 0.6) is 0 Å². The Morgan fingerprint density at radius 2 is 2.00 bits per heavy atom. The number of nitrogens with one attached hydrogen (secondary N) is 1. The molecule has 0 radical (unpaired) electrons. The van der Waals surface area contributed by atoms with Crippen LogP contribution in [0.25, 0.3) is 11.0 Å². The highest BCUT2D eigenvalue weighted by molar-refractivity contribution is 5.78. The maximum atomic E-state index is 13.2. The lowest BCUT2D eigenvalue weighted by atomic mass is 9.85. The topological polar surface area (TPSA) is 25.2 Å². The van der Waals surface area contributed by atoms with Gasteiger partial charge in [0.1, 0.15) is 17.2 Å². The summed E-state index contributed by atoms with van der Waals surface area (Å²) in [7, 11) is 0. The Morgan fingerprint density at radius 3 is 2.61 bits per heavy atom. The van der Waals surface area contributed by atoms with Gasteiger partial charge in [0.05, 0.1) is 6.04 Å². The highest BCUT2D eigenvalue weighted by Gasteiger charge is 2.28. The molecule has 0 spiro atoms. The molecule has 0 aliphatic carbocycles. The van der Waals surface area contributed by atoms with Crippen LogP contribution >= 0.6 is 0 Å². The van der Waals surface area contributed by atoms with Crippen molar-refractivity contribution in [1.82, 2.24) is 5.32 Å². The molecule has 0 saturated carbocycles. The first-order valence-corrected chi connectivity index (χ1v) is 6.34. The molecule has 1 heterocycles. The second kappa shape index (κ2) is 4.73. The number of fused-ring (bicyclic) bond motifs is 1. The van der Waals surface area contributed by atoms with Crippen LogP contribution in [0.2, 0.25) is 0 Å². The molecule has 0 aliphatic heterocycles. The van der Waals surface area contributed by atoms with Gasteiger partial charge in [-0.1, -0.05) is 27.7 Å². The third-order valence-corrected chi connectivity index (χ3v) is 3.06. The number of furan rings is 1. The SMILES string of the molecule is CCNC(c1cc2cc(F)ccc2o1)C(C)(C)C. The molecule has 0 bridgehead atoms. The predicted octanol–water partition coefficient (Wildman–Crippen LogP) is 4.27. The van der Waals surface area contributed by atoms with E-state index < -0.39 is 0 Å². The van der Waals surface area contributed by atoms with Crippen molar-refractivity contribution < 1.29 is 8.81 Å². The monoisotopic (exact) mass is 249 g/mol. The first-order valence-electron chi connectivity index (χ1n) is 6.34. The molecule has 1 aromatic carbocycles. The van der Waals surface area contributed by atoms with Crippen LogP contribution in [0.15, 0.2) is 28.7 Å². The quantitative estimate of drug-likeness (QED) is 0.878. The van der Waals surface area contributed by atoms with Gasteiger partial charge in [-0.05, 0) is 36.2 Å². The van der Waals surface area contributed by atoms with Gasteiger partial charge in [0.25, 0.3) is 0 Å². The maximum absolute atomic E-state index is 13.2. The first-order chi connectivity index (χ1) is 8.41. The van der Waals surface area contributed by atoms with E-state index in [1.807, 2.05) is 6.07 Å². The van der Waals surface area contributed by atoms with Crippen LogP contribution in [-0.2, 0) is 0 Å². The molecular formula is C15H20FNO. The van der Waals surface area contributed by atoms with Gasteiger partial charge in [-0.15, -0.1) is 0 Å². The van der Waals surface area contributed by atoms with Gasteiger partial charge in [-0.25, -0.2) is 4.39 Å². The number of rotatable bonds is 3. The third kappa shape index (κ3) is 2.56. The van der Waals surface area contributed by atoms with E-state index in [0.717, 1.165) is 23.3 Å². The van der Waals surface area contributed by atoms with E-state index in [1.54, 1.807) is 6.07 Å². The van der Waals surface area contributed by atoms with Crippen molar-refractivity contribution in [3.63, 3.8) is 0 Å². The number of benzene rings is 1. The van der Waals surface area contributed by atoms with Crippen LogP contribution in [-0.4, -0.2) is 6.54 Å². The molecule has 2 rings (SSSR count). The van der Waals surface area contributed by atoms with Crippen molar-refractivity contribution in [3.8, 4) is 0 Å². The fraction of sp³-hybridized carbons (Fsp3) is 0.467. The Kier molecular flexibility index (Phi) is 3.44. The van der Waals surface area contributed by atoms with E-state index >= 15 is 0 Å². The largest absolute Gasteiger partial charge is 0.459 e. The predicted molar refractivity (Wildman–Crippen MR) is 72.0 cm³/mol. The van der Waals surface area contributed by atoms with E-state index in [1.165, 1.54) is 12.1 Å². The summed E-state index contributed by atoms with van der Waals surface area (Å²) in [5.74, 6) is 0.635. The molecule has 0 aliphatic rings. The minimum Gasteiger partial charge on any atom is -0.459 e. The maximum Gasteiger partial charge on any atom is 0.134 e. The van der Waals surface area contributed by atoms with Gasteiger partial charge in [0, 0.05) is 5.39 Å². The highest BCUT2D eigenvalue weighted by atomic mass is 19.1. The fourth-order valence-electron chi connectivity index (χ4n) is 2.21. The van der Waals surface area contributed by atoms with Crippen molar-refractivity contribution >= 4 is 11.0 Å². The van der Waals surface area contributed by atoms with Gasteiger partial charge in [0.2, 0.25) is 0 Å². The molecule has 2 nitrogen and oxygen atoms in total. The van der Waals surface area contributed by atoms with Gasteiger partial charge in [-0.3, -0.25) is 0 Å². The van der Waals surface area contributed by atoms with Crippen LogP contribution in [0, 0.1) is 11.2 Å². The summed E-state index contributed by atoms with van der Waals surface area (Å²) in [6.07, 6.45) is 0. The minimum atomic E-state index is -0.231. The summed E-state index contributed by atoms with van der Waals surface area (Å²) in [6.45, 7) is 9.42. The summed E-state index contributed by atoms with van der Waals surface area (Å²) < 4.78 is 19.0. The molecule has 1 unspecified atom stereocenters. The van der Waals surface area contributed by atoms with Gasteiger partial charge in [0.15, 0.2) is 0 Å². The zero-order valence-corrected chi connectivity index (χ0v) is 11.4. The van der Waals surface area contributed by atoms with E-state index in [4.69, 9.17) is 4.42 Å². The average Bonchev–Trinajstić information content (AvgIpc) is 2.66. The smallest absolute Gasteiger partial charge is 0.134 e. The van der Waals surface area contributed by atoms with E-state index in [0.29, 0.717) is 0 Å². The van der Waals surface area contributed by atoms with Gasteiger partial charge in [-0.2, -0.15) is 0 Å². The Balaban J connectivity index is 2.44. The number of halogens is 1. The second-order valence-electron chi connectivity index (χ2n) is 5.69.